The van der Waals surface area contributed by atoms with Crippen molar-refractivity contribution in [2.75, 3.05) is 59.0 Å². The fourth-order valence-corrected chi connectivity index (χ4v) is 4.51. The van der Waals surface area contributed by atoms with Crippen molar-refractivity contribution < 1.29 is 9.53 Å². The minimum atomic E-state index is 0.111. The number of benzene rings is 1. The van der Waals surface area contributed by atoms with Crippen LogP contribution in [0.2, 0.25) is 0 Å². The van der Waals surface area contributed by atoms with Gasteiger partial charge in [-0.25, -0.2) is 0 Å². The molecule has 0 aliphatic carbocycles. The molecule has 0 aromatic heterocycles. The van der Waals surface area contributed by atoms with E-state index in [1.165, 1.54) is 44.3 Å². The number of nitrogens with zero attached hydrogens (tertiary/aromatic N) is 2. The van der Waals surface area contributed by atoms with Crippen LogP contribution in [-0.4, -0.2) is 80.8 Å². The van der Waals surface area contributed by atoms with Gasteiger partial charge >= 0.3 is 0 Å². The van der Waals surface area contributed by atoms with Crippen LogP contribution in [0, 0.1) is 0 Å². The summed E-state index contributed by atoms with van der Waals surface area (Å²) in [7, 11) is 0. The number of ether oxygens (including phenoxy) is 1. The van der Waals surface area contributed by atoms with Gasteiger partial charge in [0.15, 0.2) is 0 Å². The maximum atomic E-state index is 12.2. The van der Waals surface area contributed by atoms with Crippen molar-refractivity contribution in [1.29, 1.82) is 0 Å². The number of morpholine rings is 1. The van der Waals surface area contributed by atoms with Crippen LogP contribution in [0.1, 0.15) is 50.2 Å². The Morgan fingerprint density at radius 3 is 2.52 bits per heavy atom. The summed E-state index contributed by atoms with van der Waals surface area (Å²) >= 11 is 0. The molecule has 0 saturated carbocycles. The van der Waals surface area contributed by atoms with E-state index in [2.05, 4.69) is 51.6 Å². The molecule has 6 heteroatoms. The second-order valence-electron chi connectivity index (χ2n) is 9.06. The number of likely N-dealkylation sites (tertiary alicyclic amines) is 1. The molecule has 3 rings (SSSR count). The predicted octanol–water partition coefficient (Wildman–Crippen LogP) is 2.42. The first-order chi connectivity index (χ1) is 15.2. The Morgan fingerprint density at radius 2 is 1.74 bits per heavy atom. The molecule has 174 valence electrons. The number of carbonyl (C=O) groups is 1. The maximum Gasteiger partial charge on any atom is 0.224 e. The summed E-state index contributed by atoms with van der Waals surface area (Å²) in [6.45, 7) is 12.2. The number of nitrogens with one attached hydrogen (secondary N) is 2. The number of rotatable bonds is 12. The highest BCUT2D eigenvalue weighted by Gasteiger charge is 2.17. The van der Waals surface area contributed by atoms with Gasteiger partial charge in [0.2, 0.25) is 5.91 Å². The van der Waals surface area contributed by atoms with Crippen molar-refractivity contribution in [3.05, 3.63) is 35.4 Å². The van der Waals surface area contributed by atoms with Gasteiger partial charge in [0.05, 0.1) is 19.6 Å². The second-order valence-corrected chi connectivity index (χ2v) is 9.06. The van der Waals surface area contributed by atoms with E-state index in [0.29, 0.717) is 6.42 Å². The zero-order chi connectivity index (χ0) is 21.7. The van der Waals surface area contributed by atoms with E-state index in [4.69, 9.17) is 4.74 Å². The fourth-order valence-electron chi connectivity index (χ4n) is 4.51. The van der Waals surface area contributed by atoms with Crippen molar-refractivity contribution in [2.45, 2.75) is 58.0 Å². The topological polar surface area (TPSA) is 56.8 Å². The number of carbonyl (C=O) groups excluding carboxylic acids is 1. The summed E-state index contributed by atoms with van der Waals surface area (Å²) in [4.78, 5) is 17.2. The highest BCUT2D eigenvalue weighted by atomic mass is 16.5. The molecule has 2 fully saturated rings. The minimum Gasteiger partial charge on any atom is -0.379 e. The molecule has 0 bridgehead atoms. The molecule has 1 unspecified atom stereocenters. The molecule has 2 heterocycles. The monoisotopic (exact) mass is 430 g/mol. The summed E-state index contributed by atoms with van der Waals surface area (Å²) in [6.07, 6.45) is 6.76. The third-order valence-corrected chi connectivity index (χ3v) is 6.53. The van der Waals surface area contributed by atoms with E-state index in [1.807, 2.05) is 0 Å². The summed E-state index contributed by atoms with van der Waals surface area (Å²) in [5, 5.41) is 6.61. The Balaban J connectivity index is 1.23. The van der Waals surface area contributed by atoms with Crippen LogP contribution in [0.4, 0.5) is 0 Å². The summed E-state index contributed by atoms with van der Waals surface area (Å²) in [5.41, 5.74) is 2.36. The van der Waals surface area contributed by atoms with Crippen molar-refractivity contribution >= 4 is 5.91 Å². The Morgan fingerprint density at radius 1 is 1.00 bits per heavy atom. The van der Waals surface area contributed by atoms with Crippen LogP contribution in [0.15, 0.2) is 24.3 Å². The van der Waals surface area contributed by atoms with E-state index in [9.17, 15) is 4.79 Å². The standard InChI is InChI=1S/C25H42N4O2/c1-22-6-2-3-14-29(22)15-4-11-26-21-24-9-7-23(8-10-24)20-25(30)27-12-5-13-28-16-18-31-19-17-28/h7-10,22,26H,2-6,11-21H2,1H3,(H,27,30). The van der Waals surface area contributed by atoms with Gasteiger partial charge in [-0.1, -0.05) is 30.7 Å². The lowest BCUT2D eigenvalue weighted by Crippen LogP contribution is -2.38. The number of piperidine rings is 1. The summed E-state index contributed by atoms with van der Waals surface area (Å²) in [6, 6.07) is 9.20. The fraction of sp³-hybridized carbons (Fsp3) is 0.720. The van der Waals surface area contributed by atoms with Crippen LogP contribution in [0.25, 0.3) is 0 Å². The number of hydrogen-bond acceptors (Lipinski definition) is 5. The minimum absolute atomic E-state index is 0.111. The van der Waals surface area contributed by atoms with E-state index < -0.39 is 0 Å². The Labute approximate surface area is 188 Å². The number of amides is 1. The van der Waals surface area contributed by atoms with Gasteiger partial charge in [0.1, 0.15) is 0 Å². The van der Waals surface area contributed by atoms with Crippen LogP contribution < -0.4 is 10.6 Å². The molecule has 0 spiro atoms. The van der Waals surface area contributed by atoms with Crippen LogP contribution in [0.3, 0.4) is 0 Å². The zero-order valence-electron chi connectivity index (χ0n) is 19.4. The van der Waals surface area contributed by atoms with Gasteiger partial charge in [-0.15, -0.1) is 0 Å². The van der Waals surface area contributed by atoms with Gasteiger partial charge in [-0.05, 0) is 69.9 Å². The molecule has 0 radical (unpaired) electrons. The molecule has 2 aliphatic rings. The quantitative estimate of drug-likeness (QED) is 0.499. The van der Waals surface area contributed by atoms with E-state index >= 15 is 0 Å². The lowest BCUT2D eigenvalue weighted by molar-refractivity contribution is -0.120. The summed E-state index contributed by atoms with van der Waals surface area (Å²) in [5.74, 6) is 0.111. The van der Waals surface area contributed by atoms with Gasteiger partial charge in [0.25, 0.3) is 0 Å². The largest absolute Gasteiger partial charge is 0.379 e. The smallest absolute Gasteiger partial charge is 0.224 e. The Hall–Kier alpha value is -1.47. The molecule has 2 aliphatic heterocycles. The molecule has 1 aromatic carbocycles. The predicted molar refractivity (Wildman–Crippen MR) is 126 cm³/mol. The third-order valence-electron chi connectivity index (χ3n) is 6.53. The SMILES string of the molecule is CC1CCCCN1CCCNCc1ccc(CC(=O)NCCCN2CCOCC2)cc1. The molecule has 6 nitrogen and oxygen atoms in total. The molecule has 2 saturated heterocycles. The second kappa shape index (κ2) is 13.8. The Bertz CT molecular complexity index is 631. The van der Waals surface area contributed by atoms with Gasteiger partial charge in [0, 0.05) is 32.2 Å². The third kappa shape index (κ3) is 9.27. The molecule has 2 N–H and O–H groups in total. The summed E-state index contributed by atoms with van der Waals surface area (Å²) < 4.78 is 5.36. The lowest BCUT2D eigenvalue weighted by atomic mass is 10.0. The van der Waals surface area contributed by atoms with E-state index in [1.54, 1.807) is 0 Å². The van der Waals surface area contributed by atoms with Gasteiger partial charge < -0.3 is 20.3 Å². The average molecular weight is 431 g/mol. The maximum absolute atomic E-state index is 12.2. The zero-order valence-corrected chi connectivity index (χ0v) is 19.4. The first-order valence-corrected chi connectivity index (χ1v) is 12.3. The molecule has 1 amide bonds. The van der Waals surface area contributed by atoms with Crippen molar-refractivity contribution in [2.24, 2.45) is 0 Å². The molecule has 1 atom stereocenters. The molecule has 1 aromatic rings. The van der Waals surface area contributed by atoms with Crippen LogP contribution in [0.5, 0.6) is 0 Å². The highest BCUT2D eigenvalue weighted by Crippen LogP contribution is 2.16. The van der Waals surface area contributed by atoms with Crippen molar-refractivity contribution in [3.63, 3.8) is 0 Å². The van der Waals surface area contributed by atoms with E-state index in [0.717, 1.165) is 70.5 Å². The van der Waals surface area contributed by atoms with Crippen LogP contribution in [-0.2, 0) is 22.5 Å². The van der Waals surface area contributed by atoms with Crippen molar-refractivity contribution in [3.8, 4) is 0 Å². The van der Waals surface area contributed by atoms with Gasteiger partial charge in [-0.3, -0.25) is 9.69 Å². The normalized spacial score (nSPS) is 20.6. The van der Waals surface area contributed by atoms with Crippen molar-refractivity contribution in [1.82, 2.24) is 20.4 Å². The molecular formula is C25H42N4O2. The van der Waals surface area contributed by atoms with Crippen LogP contribution >= 0.6 is 0 Å². The first kappa shape index (κ1) is 24.2. The molecular weight excluding hydrogens is 388 g/mol. The lowest BCUT2D eigenvalue weighted by Gasteiger charge is -2.33. The van der Waals surface area contributed by atoms with E-state index in [-0.39, 0.29) is 5.91 Å². The van der Waals surface area contributed by atoms with Gasteiger partial charge in [-0.2, -0.15) is 0 Å². The average Bonchev–Trinajstić information content (AvgIpc) is 2.79. The molecule has 31 heavy (non-hydrogen) atoms. The first-order valence-electron chi connectivity index (χ1n) is 12.3. The Kier molecular flexibility index (Phi) is 10.8. The highest BCUT2D eigenvalue weighted by molar-refractivity contribution is 5.78. The number of hydrogen-bond donors (Lipinski definition) is 2.